The molecule has 0 spiro atoms. The van der Waals surface area contributed by atoms with E-state index in [1.807, 2.05) is 36.4 Å². The number of fused-ring (bicyclic) bond motifs is 1. The summed E-state index contributed by atoms with van der Waals surface area (Å²) in [5.74, 6) is 0.792. The van der Waals surface area contributed by atoms with Crippen LogP contribution in [0.3, 0.4) is 0 Å². The fraction of sp³-hybridized carbons (Fsp3) is 0.581. The first-order chi connectivity index (χ1) is 20.6. The molecule has 2 aliphatic rings. The predicted molar refractivity (Wildman–Crippen MR) is 159 cm³/mol. The van der Waals surface area contributed by atoms with E-state index in [2.05, 4.69) is 11.0 Å². The van der Waals surface area contributed by atoms with Crippen LogP contribution in [0, 0.1) is 16.0 Å². The highest BCUT2D eigenvalue weighted by Crippen LogP contribution is 2.38. The average Bonchev–Trinajstić information content (AvgIpc) is 2.98. The second-order valence-corrected chi connectivity index (χ2v) is 11.8. The van der Waals surface area contributed by atoms with Crippen LogP contribution in [0.2, 0.25) is 0 Å². The topological polar surface area (TPSA) is 122 Å². The number of methoxy groups -OCH3 is 2. The number of carbonyl (C=O) groups excluding carboxylic acids is 1. The Morgan fingerprint density at radius 2 is 1.88 bits per heavy atom. The van der Waals surface area contributed by atoms with E-state index in [1.165, 1.54) is 0 Å². The Kier molecular flexibility index (Phi) is 10.9. The van der Waals surface area contributed by atoms with Crippen LogP contribution in [0.1, 0.15) is 44.2 Å². The maximum Gasteiger partial charge on any atom is 0.410 e. The maximum atomic E-state index is 13.2. The zero-order valence-electron chi connectivity index (χ0n) is 25.7. The molecule has 1 amide bonds. The molecule has 0 saturated carbocycles. The first-order valence-corrected chi connectivity index (χ1v) is 14.6. The van der Waals surface area contributed by atoms with Crippen LogP contribution < -0.4 is 14.4 Å². The third-order valence-electron chi connectivity index (χ3n) is 7.53. The van der Waals surface area contributed by atoms with Crippen molar-refractivity contribution < 1.29 is 38.4 Å². The Morgan fingerprint density at radius 3 is 2.56 bits per heavy atom. The molecule has 0 aliphatic carbocycles. The number of ether oxygens (including phenoxy) is 5. The molecule has 0 radical (unpaired) electrons. The van der Waals surface area contributed by atoms with Crippen molar-refractivity contribution in [2.24, 2.45) is 5.92 Å². The van der Waals surface area contributed by atoms with E-state index < -0.39 is 28.8 Å². The number of likely N-dealkylation sites (tertiary alicyclic amines) is 1. The molecule has 0 N–H and O–H groups in total. The molecular formula is C31H43N3O9. The van der Waals surface area contributed by atoms with Gasteiger partial charge in [0.1, 0.15) is 30.3 Å². The molecule has 236 valence electrons. The van der Waals surface area contributed by atoms with E-state index in [9.17, 15) is 14.9 Å². The lowest BCUT2D eigenvalue weighted by atomic mass is 9.79. The predicted octanol–water partition coefficient (Wildman–Crippen LogP) is 4.67. The number of carbonyl (C=O) groups is 1. The van der Waals surface area contributed by atoms with Gasteiger partial charge in [-0.2, -0.15) is 0 Å². The summed E-state index contributed by atoms with van der Waals surface area (Å²) in [6.45, 7) is 8.86. The summed E-state index contributed by atoms with van der Waals surface area (Å²) in [5.41, 5.74) is 2.16. The van der Waals surface area contributed by atoms with Gasteiger partial charge in [0.2, 0.25) is 0 Å². The monoisotopic (exact) mass is 601 g/mol. The van der Waals surface area contributed by atoms with Crippen molar-refractivity contribution in [3.63, 3.8) is 0 Å². The zero-order valence-corrected chi connectivity index (χ0v) is 25.7. The standard InChI is InChI=1S/C31H43N3O9/c1-31(2,3)43-30(35)33-18-24(21-42-34(36)37)29(23-8-10-25(39-5)11-9-23)28(19-33)41-20-22-7-12-27-26(17-22)32(14-16-40-27)13-6-15-38-4/h7-12,17,24,28-29H,6,13-16,18-21H2,1-5H3/t24-,28-,29-/m0/s1. The van der Waals surface area contributed by atoms with Gasteiger partial charge in [-0.25, -0.2) is 4.79 Å². The molecule has 1 fully saturated rings. The Balaban J connectivity index is 1.60. The molecule has 0 aromatic heterocycles. The SMILES string of the molecule is COCCCN1CCOc2ccc(CO[C@H]3CN(C(=O)OC(C)(C)C)C[C@@H](CO[N+](=O)[O-])[C@@H]3c3ccc(OC)cc3)cc21. The quantitative estimate of drug-likeness (QED) is 0.193. The van der Waals surface area contributed by atoms with Crippen LogP contribution in [-0.2, 0) is 25.7 Å². The number of anilines is 1. The molecule has 2 aromatic carbocycles. The Morgan fingerprint density at radius 1 is 1.12 bits per heavy atom. The lowest BCUT2D eigenvalue weighted by molar-refractivity contribution is -0.759. The summed E-state index contributed by atoms with van der Waals surface area (Å²) in [4.78, 5) is 33.1. The maximum absolute atomic E-state index is 13.2. The number of nitrogens with zero attached hydrogens (tertiary/aromatic N) is 3. The van der Waals surface area contributed by atoms with E-state index in [0.29, 0.717) is 19.0 Å². The molecule has 3 atom stereocenters. The molecule has 2 aromatic rings. The Hall–Kier alpha value is -3.77. The van der Waals surface area contributed by atoms with Crippen LogP contribution >= 0.6 is 0 Å². The fourth-order valence-electron chi connectivity index (χ4n) is 5.61. The first kappa shape index (κ1) is 32.2. The molecule has 12 heteroatoms. The van der Waals surface area contributed by atoms with Crippen LogP contribution in [0.15, 0.2) is 42.5 Å². The number of hydrogen-bond donors (Lipinski definition) is 0. The Labute approximate surface area is 252 Å². The van der Waals surface area contributed by atoms with E-state index in [-0.39, 0.29) is 32.2 Å². The molecule has 43 heavy (non-hydrogen) atoms. The minimum atomic E-state index is -0.805. The summed E-state index contributed by atoms with van der Waals surface area (Å²) < 4.78 is 28.7. The van der Waals surface area contributed by atoms with Gasteiger partial charge in [-0.1, -0.05) is 18.2 Å². The van der Waals surface area contributed by atoms with Gasteiger partial charge in [-0.05, 0) is 62.6 Å². The van der Waals surface area contributed by atoms with Gasteiger partial charge in [-0.3, -0.25) is 0 Å². The lowest BCUT2D eigenvalue weighted by Gasteiger charge is -2.43. The minimum Gasteiger partial charge on any atom is -0.497 e. The Bertz CT molecular complexity index is 1220. The lowest BCUT2D eigenvalue weighted by Crippen LogP contribution is -2.53. The second-order valence-electron chi connectivity index (χ2n) is 11.8. The minimum absolute atomic E-state index is 0.199. The van der Waals surface area contributed by atoms with Gasteiger partial charge in [0, 0.05) is 38.6 Å². The van der Waals surface area contributed by atoms with Gasteiger partial charge in [-0.15, -0.1) is 10.1 Å². The van der Waals surface area contributed by atoms with Crippen LogP contribution in [0.25, 0.3) is 0 Å². The number of benzene rings is 2. The van der Waals surface area contributed by atoms with E-state index >= 15 is 0 Å². The second kappa shape index (κ2) is 14.6. The van der Waals surface area contributed by atoms with Crippen molar-refractivity contribution in [1.29, 1.82) is 0 Å². The van der Waals surface area contributed by atoms with Crippen molar-refractivity contribution in [2.45, 2.75) is 51.4 Å². The van der Waals surface area contributed by atoms with E-state index in [4.69, 9.17) is 28.5 Å². The third-order valence-corrected chi connectivity index (χ3v) is 7.53. The van der Waals surface area contributed by atoms with Crippen LogP contribution in [0.4, 0.5) is 10.5 Å². The van der Waals surface area contributed by atoms with Crippen molar-refractivity contribution in [3.05, 3.63) is 63.7 Å². The molecule has 2 aliphatic heterocycles. The zero-order chi connectivity index (χ0) is 31.0. The summed E-state index contributed by atoms with van der Waals surface area (Å²) in [7, 11) is 3.29. The molecule has 2 heterocycles. The molecule has 1 saturated heterocycles. The highest BCUT2D eigenvalue weighted by atomic mass is 16.9. The van der Waals surface area contributed by atoms with Crippen LogP contribution in [-0.4, -0.2) is 88.0 Å². The van der Waals surface area contributed by atoms with E-state index in [0.717, 1.165) is 42.1 Å². The van der Waals surface area contributed by atoms with Crippen molar-refractivity contribution in [1.82, 2.24) is 4.90 Å². The van der Waals surface area contributed by atoms with E-state index in [1.54, 1.807) is 39.9 Å². The van der Waals surface area contributed by atoms with Gasteiger partial charge in [0.05, 0.1) is 38.6 Å². The summed E-state index contributed by atoms with van der Waals surface area (Å²) in [5, 5.41) is 10.4. The first-order valence-electron chi connectivity index (χ1n) is 14.6. The summed E-state index contributed by atoms with van der Waals surface area (Å²) in [6.07, 6.45) is -0.103. The number of amides is 1. The highest BCUT2D eigenvalue weighted by Gasteiger charge is 2.42. The smallest absolute Gasteiger partial charge is 0.410 e. The van der Waals surface area contributed by atoms with Crippen molar-refractivity contribution in [3.8, 4) is 11.5 Å². The third kappa shape index (κ3) is 8.87. The number of hydrogen-bond acceptors (Lipinski definition) is 10. The summed E-state index contributed by atoms with van der Waals surface area (Å²) >= 11 is 0. The molecular weight excluding hydrogens is 558 g/mol. The van der Waals surface area contributed by atoms with Gasteiger partial charge < -0.3 is 38.3 Å². The van der Waals surface area contributed by atoms with Crippen LogP contribution in [0.5, 0.6) is 11.5 Å². The normalized spacial score (nSPS) is 20.2. The average molecular weight is 602 g/mol. The van der Waals surface area contributed by atoms with Gasteiger partial charge >= 0.3 is 6.09 Å². The van der Waals surface area contributed by atoms with Crippen molar-refractivity contribution in [2.75, 3.05) is 65.1 Å². The highest BCUT2D eigenvalue weighted by molar-refractivity contribution is 5.68. The molecule has 0 bridgehead atoms. The molecule has 12 nitrogen and oxygen atoms in total. The van der Waals surface area contributed by atoms with Gasteiger partial charge in [0.25, 0.3) is 5.09 Å². The van der Waals surface area contributed by atoms with Crippen molar-refractivity contribution >= 4 is 11.8 Å². The number of piperidine rings is 1. The molecule has 0 unspecified atom stereocenters. The summed E-state index contributed by atoms with van der Waals surface area (Å²) in [6, 6.07) is 13.6. The number of rotatable bonds is 12. The molecule has 4 rings (SSSR count). The largest absolute Gasteiger partial charge is 0.497 e. The fourth-order valence-corrected chi connectivity index (χ4v) is 5.61. The van der Waals surface area contributed by atoms with Gasteiger partial charge in [0.15, 0.2) is 0 Å².